The normalized spacial score (nSPS) is 13.8. The Labute approximate surface area is 176 Å². The molecule has 5 N–H and O–H groups in total. The van der Waals surface area contributed by atoms with Gasteiger partial charge in [-0.3, -0.25) is 14.4 Å². The van der Waals surface area contributed by atoms with E-state index in [1.165, 1.54) is 6.92 Å². The number of nitrogens with one attached hydrogen (secondary N) is 2. The van der Waals surface area contributed by atoms with E-state index in [9.17, 15) is 14.4 Å². The standard InChI is InChI=1S/C23H29N3O4/c1-15(18-9-11-19(12-10-18)26-16(2)27)25-21(22(28)14-20(24)23(29)30)13-8-17-6-4-3-5-7-17/h3-7,9-12,15,20-21,25H,8,13-14,24H2,1-2H3,(H,26,27)(H,29,30)/t15?,20-,21?/m0/s1. The van der Waals surface area contributed by atoms with Crippen molar-refractivity contribution in [1.82, 2.24) is 5.32 Å². The maximum atomic E-state index is 12.8. The monoisotopic (exact) mass is 411 g/mol. The quantitative estimate of drug-likeness (QED) is 0.451. The van der Waals surface area contributed by atoms with Crippen molar-refractivity contribution < 1.29 is 19.5 Å². The summed E-state index contributed by atoms with van der Waals surface area (Å²) in [6, 6.07) is 15.3. The van der Waals surface area contributed by atoms with Crippen LogP contribution in [-0.4, -0.2) is 34.8 Å². The highest BCUT2D eigenvalue weighted by Crippen LogP contribution is 2.18. The number of amides is 1. The maximum Gasteiger partial charge on any atom is 0.320 e. The first-order valence-electron chi connectivity index (χ1n) is 9.95. The van der Waals surface area contributed by atoms with Gasteiger partial charge in [0, 0.05) is 25.1 Å². The molecule has 0 heterocycles. The summed E-state index contributed by atoms with van der Waals surface area (Å²) >= 11 is 0. The van der Waals surface area contributed by atoms with Crippen molar-refractivity contribution in [3.05, 3.63) is 65.7 Å². The van der Waals surface area contributed by atoms with E-state index >= 15 is 0 Å². The largest absolute Gasteiger partial charge is 0.480 e. The van der Waals surface area contributed by atoms with Crippen LogP contribution in [0.1, 0.15) is 43.9 Å². The van der Waals surface area contributed by atoms with Gasteiger partial charge >= 0.3 is 5.97 Å². The number of carboxylic acid groups (broad SMARTS) is 1. The molecule has 7 heteroatoms. The molecule has 3 atom stereocenters. The van der Waals surface area contributed by atoms with Gasteiger partial charge in [0.15, 0.2) is 5.78 Å². The lowest BCUT2D eigenvalue weighted by Gasteiger charge is -2.24. The smallest absolute Gasteiger partial charge is 0.320 e. The van der Waals surface area contributed by atoms with Crippen LogP contribution in [0.2, 0.25) is 0 Å². The van der Waals surface area contributed by atoms with E-state index in [0.717, 1.165) is 11.1 Å². The summed E-state index contributed by atoms with van der Waals surface area (Å²) in [6.07, 6.45) is 0.986. The number of benzene rings is 2. The molecule has 0 aliphatic carbocycles. The lowest BCUT2D eigenvalue weighted by Crippen LogP contribution is -2.43. The number of nitrogens with two attached hydrogens (primary N) is 1. The van der Waals surface area contributed by atoms with E-state index in [1.54, 1.807) is 12.1 Å². The summed E-state index contributed by atoms with van der Waals surface area (Å²) in [5.74, 6) is -1.55. The Bertz CT molecular complexity index is 853. The summed E-state index contributed by atoms with van der Waals surface area (Å²) < 4.78 is 0. The predicted molar refractivity (Wildman–Crippen MR) is 116 cm³/mol. The molecule has 160 valence electrons. The number of ketones is 1. The average molecular weight is 412 g/mol. The summed E-state index contributed by atoms with van der Waals surface area (Å²) in [6.45, 7) is 3.39. The molecule has 1 amide bonds. The van der Waals surface area contributed by atoms with E-state index in [1.807, 2.05) is 49.4 Å². The van der Waals surface area contributed by atoms with Crippen molar-refractivity contribution in [3.8, 4) is 0 Å². The molecule has 0 saturated heterocycles. The summed E-state index contributed by atoms with van der Waals surface area (Å²) in [5, 5.41) is 15.1. The van der Waals surface area contributed by atoms with Crippen LogP contribution in [0.3, 0.4) is 0 Å². The Morgan fingerprint density at radius 2 is 1.67 bits per heavy atom. The first-order valence-corrected chi connectivity index (χ1v) is 9.95. The van der Waals surface area contributed by atoms with Crippen LogP contribution >= 0.6 is 0 Å². The van der Waals surface area contributed by atoms with E-state index < -0.39 is 18.1 Å². The highest BCUT2D eigenvalue weighted by Gasteiger charge is 2.25. The van der Waals surface area contributed by atoms with Gasteiger partial charge in [-0.2, -0.15) is 0 Å². The highest BCUT2D eigenvalue weighted by molar-refractivity contribution is 5.89. The first kappa shape index (κ1) is 23.3. The Morgan fingerprint density at radius 1 is 1.03 bits per heavy atom. The molecule has 0 aliphatic heterocycles. The molecule has 2 rings (SSSR count). The zero-order valence-corrected chi connectivity index (χ0v) is 17.3. The Morgan fingerprint density at radius 3 is 2.23 bits per heavy atom. The van der Waals surface area contributed by atoms with Crippen LogP contribution in [0.15, 0.2) is 54.6 Å². The van der Waals surface area contributed by atoms with E-state index in [-0.39, 0.29) is 24.2 Å². The van der Waals surface area contributed by atoms with Crippen molar-refractivity contribution in [3.63, 3.8) is 0 Å². The molecule has 0 bridgehead atoms. The molecular weight excluding hydrogens is 382 g/mol. The number of carbonyl (C=O) groups excluding carboxylic acids is 2. The number of aliphatic carboxylic acids is 1. The molecule has 7 nitrogen and oxygen atoms in total. The number of anilines is 1. The van der Waals surface area contributed by atoms with Crippen LogP contribution in [0, 0.1) is 0 Å². The summed E-state index contributed by atoms with van der Waals surface area (Å²) in [4.78, 5) is 35.0. The number of aryl methyl sites for hydroxylation is 1. The van der Waals surface area contributed by atoms with Crippen LogP contribution in [-0.2, 0) is 20.8 Å². The Kier molecular flexibility index (Phi) is 8.70. The Hall–Kier alpha value is -3.03. The second-order valence-corrected chi connectivity index (χ2v) is 7.38. The number of hydrogen-bond donors (Lipinski definition) is 4. The van der Waals surface area contributed by atoms with Crippen molar-refractivity contribution in [2.24, 2.45) is 5.73 Å². The fourth-order valence-electron chi connectivity index (χ4n) is 3.20. The molecular formula is C23H29N3O4. The zero-order chi connectivity index (χ0) is 22.1. The van der Waals surface area contributed by atoms with Gasteiger partial charge < -0.3 is 21.5 Å². The van der Waals surface area contributed by atoms with Crippen molar-refractivity contribution >= 4 is 23.3 Å². The lowest BCUT2D eigenvalue weighted by atomic mass is 9.96. The maximum absolute atomic E-state index is 12.8. The van der Waals surface area contributed by atoms with Crippen molar-refractivity contribution in [2.45, 2.75) is 51.2 Å². The van der Waals surface area contributed by atoms with Crippen LogP contribution < -0.4 is 16.4 Å². The second kappa shape index (κ2) is 11.2. The molecule has 0 aliphatic rings. The minimum Gasteiger partial charge on any atom is -0.480 e. The predicted octanol–water partition coefficient (Wildman–Crippen LogP) is 2.67. The molecule has 2 unspecified atom stereocenters. The van der Waals surface area contributed by atoms with Gasteiger partial charge in [-0.25, -0.2) is 0 Å². The minimum absolute atomic E-state index is 0.143. The highest BCUT2D eigenvalue weighted by atomic mass is 16.4. The van der Waals surface area contributed by atoms with E-state index in [2.05, 4.69) is 10.6 Å². The van der Waals surface area contributed by atoms with Gasteiger partial charge in [-0.1, -0.05) is 42.5 Å². The van der Waals surface area contributed by atoms with Gasteiger partial charge in [-0.05, 0) is 43.0 Å². The molecule has 0 fully saturated rings. The van der Waals surface area contributed by atoms with Crippen LogP contribution in [0.25, 0.3) is 0 Å². The third-order valence-corrected chi connectivity index (χ3v) is 4.87. The average Bonchev–Trinajstić information content (AvgIpc) is 2.71. The van der Waals surface area contributed by atoms with Crippen LogP contribution in [0.4, 0.5) is 5.69 Å². The molecule has 2 aromatic carbocycles. The number of Topliss-reactive ketones (excluding diaryl/α,β-unsaturated/α-hetero) is 1. The summed E-state index contributed by atoms with van der Waals surface area (Å²) in [5.41, 5.74) is 8.33. The number of carbonyl (C=O) groups is 3. The van der Waals surface area contributed by atoms with Gasteiger partial charge in [0.1, 0.15) is 6.04 Å². The third kappa shape index (κ3) is 7.42. The fraction of sp³-hybridized carbons (Fsp3) is 0.348. The van der Waals surface area contributed by atoms with Crippen molar-refractivity contribution in [1.29, 1.82) is 0 Å². The molecule has 0 spiro atoms. The molecule has 0 saturated carbocycles. The molecule has 2 aromatic rings. The molecule has 30 heavy (non-hydrogen) atoms. The lowest BCUT2D eigenvalue weighted by molar-refractivity contribution is -0.140. The van der Waals surface area contributed by atoms with E-state index in [4.69, 9.17) is 10.8 Å². The minimum atomic E-state index is -1.22. The number of carboxylic acids is 1. The topological polar surface area (TPSA) is 122 Å². The number of hydrogen-bond acceptors (Lipinski definition) is 5. The second-order valence-electron chi connectivity index (χ2n) is 7.38. The SMILES string of the molecule is CC(=O)Nc1ccc(C(C)NC(CCc2ccccc2)C(=O)C[C@H](N)C(=O)O)cc1. The Balaban J connectivity index is 2.08. The molecule has 0 radical (unpaired) electrons. The van der Waals surface area contributed by atoms with Gasteiger partial charge in [0.2, 0.25) is 5.91 Å². The summed E-state index contributed by atoms with van der Waals surface area (Å²) in [7, 11) is 0. The third-order valence-electron chi connectivity index (χ3n) is 4.87. The molecule has 0 aromatic heterocycles. The fourth-order valence-corrected chi connectivity index (χ4v) is 3.20. The number of rotatable bonds is 11. The zero-order valence-electron chi connectivity index (χ0n) is 17.3. The van der Waals surface area contributed by atoms with Crippen molar-refractivity contribution in [2.75, 3.05) is 5.32 Å². The van der Waals surface area contributed by atoms with E-state index in [0.29, 0.717) is 18.5 Å². The van der Waals surface area contributed by atoms with Gasteiger partial charge in [0.25, 0.3) is 0 Å². The van der Waals surface area contributed by atoms with Gasteiger partial charge in [-0.15, -0.1) is 0 Å². The first-order chi connectivity index (χ1) is 14.3. The van der Waals surface area contributed by atoms with Crippen LogP contribution in [0.5, 0.6) is 0 Å². The van der Waals surface area contributed by atoms with Gasteiger partial charge in [0.05, 0.1) is 6.04 Å².